The fourth-order valence-corrected chi connectivity index (χ4v) is 6.27. The molecule has 1 saturated carbocycles. The van der Waals surface area contributed by atoms with Crippen LogP contribution in [-0.4, -0.2) is 30.3 Å². The van der Waals surface area contributed by atoms with Crippen LogP contribution in [0.4, 0.5) is 5.82 Å². The summed E-state index contributed by atoms with van der Waals surface area (Å²) in [7, 11) is -3.55. The third-order valence-electron chi connectivity index (χ3n) is 6.23. The molecule has 1 aromatic carbocycles. The second-order valence-corrected chi connectivity index (χ2v) is 10.3. The van der Waals surface area contributed by atoms with Gasteiger partial charge in [0.15, 0.2) is 0 Å². The molecule has 0 bridgehead atoms. The maximum atomic E-state index is 13.5. The normalized spacial score (nSPS) is 21.8. The number of anilines is 1. The van der Waals surface area contributed by atoms with Crippen molar-refractivity contribution < 1.29 is 8.42 Å². The van der Waals surface area contributed by atoms with Crippen LogP contribution >= 0.6 is 0 Å². The van der Waals surface area contributed by atoms with Crippen molar-refractivity contribution in [1.29, 1.82) is 0 Å². The van der Waals surface area contributed by atoms with E-state index >= 15 is 0 Å². The summed E-state index contributed by atoms with van der Waals surface area (Å²) < 4.78 is 28.6. The van der Waals surface area contributed by atoms with Gasteiger partial charge in [-0.15, -0.1) is 0 Å². The Morgan fingerprint density at radius 2 is 1.69 bits per heavy atom. The molecular formula is C23H31N3O2S. The van der Waals surface area contributed by atoms with Crippen molar-refractivity contribution in [2.45, 2.75) is 75.3 Å². The van der Waals surface area contributed by atoms with E-state index < -0.39 is 10.0 Å². The highest BCUT2D eigenvalue weighted by atomic mass is 32.2. The van der Waals surface area contributed by atoms with Gasteiger partial charge in [-0.2, -0.15) is 4.31 Å². The van der Waals surface area contributed by atoms with Gasteiger partial charge in [0.05, 0.1) is 10.9 Å². The first-order valence-electron chi connectivity index (χ1n) is 10.9. The molecule has 0 spiro atoms. The zero-order chi connectivity index (χ0) is 20.3. The van der Waals surface area contributed by atoms with Gasteiger partial charge < -0.3 is 5.32 Å². The number of piperidine rings is 1. The van der Waals surface area contributed by atoms with E-state index in [4.69, 9.17) is 0 Å². The Hall–Kier alpha value is -1.92. The number of rotatable bonds is 5. The van der Waals surface area contributed by atoms with Gasteiger partial charge in [0.2, 0.25) is 10.0 Å². The summed E-state index contributed by atoms with van der Waals surface area (Å²) in [6.07, 6.45) is 10.7. The molecule has 0 radical (unpaired) electrons. The molecule has 1 N–H and O–H groups in total. The van der Waals surface area contributed by atoms with Crippen molar-refractivity contribution >= 4 is 15.8 Å². The first kappa shape index (κ1) is 20.4. The lowest BCUT2D eigenvalue weighted by molar-refractivity contribution is 0.256. The highest BCUT2D eigenvalue weighted by Crippen LogP contribution is 2.38. The summed E-state index contributed by atoms with van der Waals surface area (Å²) in [4.78, 5) is 4.99. The minimum atomic E-state index is -3.55. The molecule has 6 heteroatoms. The zero-order valence-electron chi connectivity index (χ0n) is 17.2. The minimum absolute atomic E-state index is 0.171. The third kappa shape index (κ3) is 4.48. The molecule has 1 aliphatic heterocycles. The number of pyridine rings is 1. The number of benzene rings is 1. The number of aryl methyl sites for hydroxylation is 1. The van der Waals surface area contributed by atoms with Crippen LogP contribution in [0.5, 0.6) is 0 Å². The van der Waals surface area contributed by atoms with Crippen LogP contribution < -0.4 is 5.32 Å². The Morgan fingerprint density at radius 3 is 2.45 bits per heavy atom. The number of nitrogens with one attached hydrogen (secondary N) is 1. The Labute approximate surface area is 174 Å². The van der Waals surface area contributed by atoms with Crippen LogP contribution in [0.3, 0.4) is 0 Å². The molecule has 1 unspecified atom stereocenters. The Bertz CT molecular complexity index is 921. The maximum Gasteiger partial charge on any atom is 0.243 e. The van der Waals surface area contributed by atoms with Gasteiger partial charge in [-0.3, -0.25) is 0 Å². The number of hydrogen-bond acceptors (Lipinski definition) is 4. The van der Waals surface area contributed by atoms with Gasteiger partial charge in [-0.1, -0.05) is 49.4 Å². The summed E-state index contributed by atoms with van der Waals surface area (Å²) in [5, 5.41) is 3.63. The lowest BCUT2D eigenvalue weighted by Crippen LogP contribution is -2.39. The van der Waals surface area contributed by atoms with E-state index in [9.17, 15) is 8.42 Å². The van der Waals surface area contributed by atoms with Crippen LogP contribution in [0.25, 0.3) is 0 Å². The molecule has 1 aromatic heterocycles. The molecule has 2 aliphatic rings. The fourth-order valence-electron chi connectivity index (χ4n) is 4.60. The molecule has 1 saturated heterocycles. The predicted molar refractivity (Wildman–Crippen MR) is 116 cm³/mol. The quantitative estimate of drug-likeness (QED) is 0.745. The van der Waals surface area contributed by atoms with E-state index in [-0.39, 0.29) is 6.04 Å². The Kier molecular flexibility index (Phi) is 6.20. The van der Waals surface area contributed by atoms with E-state index in [2.05, 4.69) is 10.3 Å². The van der Waals surface area contributed by atoms with Gasteiger partial charge in [0.1, 0.15) is 5.82 Å². The first-order chi connectivity index (χ1) is 14.1. The van der Waals surface area contributed by atoms with Crippen molar-refractivity contribution in [3.05, 3.63) is 53.7 Å². The van der Waals surface area contributed by atoms with Crippen molar-refractivity contribution in [3.63, 3.8) is 0 Å². The molecule has 29 heavy (non-hydrogen) atoms. The third-order valence-corrected chi connectivity index (χ3v) is 8.15. The van der Waals surface area contributed by atoms with Gasteiger partial charge in [-0.05, 0) is 50.8 Å². The summed E-state index contributed by atoms with van der Waals surface area (Å²) in [5.74, 6) is 0.857. The van der Waals surface area contributed by atoms with E-state index in [1.807, 2.05) is 31.2 Å². The van der Waals surface area contributed by atoms with Crippen molar-refractivity contribution in [3.8, 4) is 0 Å². The van der Waals surface area contributed by atoms with Crippen LogP contribution in [0.2, 0.25) is 0 Å². The largest absolute Gasteiger partial charge is 0.367 e. The summed E-state index contributed by atoms with van der Waals surface area (Å²) in [5.41, 5.74) is 2.07. The Morgan fingerprint density at radius 1 is 0.966 bits per heavy atom. The maximum absolute atomic E-state index is 13.5. The number of nitrogens with zero attached hydrogens (tertiary/aromatic N) is 2. The molecule has 156 valence electrons. The van der Waals surface area contributed by atoms with E-state index in [0.29, 0.717) is 17.5 Å². The molecule has 2 fully saturated rings. The summed E-state index contributed by atoms with van der Waals surface area (Å²) in [6.45, 7) is 2.53. The minimum Gasteiger partial charge on any atom is -0.367 e. The molecular weight excluding hydrogens is 382 g/mol. The number of sulfonamides is 1. The molecule has 1 atom stereocenters. The van der Waals surface area contributed by atoms with Crippen LogP contribution in [0.1, 0.15) is 68.5 Å². The highest BCUT2D eigenvalue weighted by molar-refractivity contribution is 7.89. The van der Waals surface area contributed by atoms with Crippen molar-refractivity contribution in [2.24, 2.45) is 0 Å². The highest BCUT2D eigenvalue weighted by Gasteiger charge is 2.36. The summed E-state index contributed by atoms with van der Waals surface area (Å²) >= 11 is 0. The van der Waals surface area contributed by atoms with Gasteiger partial charge in [0, 0.05) is 24.3 Å². The van der Waals surface area contributed by atoms with E-state index in [1.54, 1.807) is 22.6 Å². The molecule has 5 nitrogen and oxygen atoms in total. The van der Waals surface area contributed by atoms with Crippen LogP contribution in [0, 0.1) is 6.92 Å². The van der Waals surface area contributed by atoms with Gasteiger partial charge >= 0.3 is 0 Å². The molecule has 2 heterocycles. The smallest absolute Gasteiger partial charge is 0.243 e. The average molecular weight is 414 g/mol. The standard InChI is InChI=1S/C23H31N3O2S/c1-18-12-14-20(15-13-18)29(27,28)26-17-6-5-11-22(26)21-10-7-16-24-23(21)25-19-8-3-2-4-9-19/h7,10,12-16,19,22H,2-6,8-9,11,17H2,1H3,(H,24,25). The van der Waals surface area contributed by atoms with E-state index in [0.717, 1.165) is 49.0 Å². The van der Waals surface area contributed by atoms with E-state index in [1.165, 1.54) is 19.3 Å². The van der Waals surface area contributed by atoms with Gasteiger partial charge in [0.25, 0.3) is 0 Å². The first-order valence-corrected chi connectivity index (χ1v) is 12.3. The molecule has 4 rings (SSSR count). The average Bonchev–Trinajstić information content (AvgIpc) is 2.75. The van der Waals surface area contributed by atoms with Crippen LogP contribution in [0.15, 0.2) is 47.5 Å². The zero-order valence-corrected chi connectivity index (χ0v) is 18.0. The van der Waals surface area contributed by atoms with Crippen molar-refractivity contribution in [2.75, 3.05) is 11.9 Å². The predicted octanol–water partition coefficient (Wildman–Crippen LogP) is 5.05. The second-order valence-electron chi connectivity index (χ2n) is 8.36. The second kappa shape index (κ2) is 8.84. The lowest BCUT2D eigenvalue weighted by Gasteiger charge is -2.36. The SMILES string of the molecule is Cc1ccc(S(=O)(=O)N2CCCCC2c2cccnc2NC2CCCCC2)cc1. The molecule has 0 amide bonds. The van der Waals surface area contributed by atoms with Crippen LogP contribution in [-0.2, 0) is 10.0 Å². The molecule has 1 aliphatic carbocycles. The Balaban J connectivity index is 1.65. The van der Waals surface area contributed by atoms with Crippen molar-refractivity contribution in [1.82, 2.24) is 9.29 Å². The topological polar surface area (TPSA) is 62.3 Å². The lowest BCUT2D eigenvalue weighted by atomic mass is 9.94. The fraction of sp³-hybridized carbons (Fsp3) is 0.522. The summed E-state index contributed by atoms with van der Waals surface area (Å²) in [6, 6.07) is 11.4. The molecule has 2 aromatic rings. The number of hydrogen-bond donors (Lipinski definition) is 1. The number of aromatic nitrogens is 1. The monoisotopic (exact) mass is 413 g/mol. The van der Waals surface area contributed by atoms with Gasteiger partial charge in [-0.25, -0.2) is 13.4 Å².